The second-order valence-corrected chi connectivity index (χ2v) is 5.20. The molecule has 20 heavy (non-hydrogen) atoms. The number of carbonyl (C=O) groups is 1. The molecule has 4 nitrogen and oxygen atoms in total. The molecule has 104 valence electrons. The zero-order chi connectivity index (χ0) is 14.0. The molecule has 0 bridgehead atoms. The highest BCUT2D eigenvalue weighted by Crippen LogP contribution is 2.09. The van der Waals surface area contributed by atoms with Crippen molar-refractivity contribution in [3.8, 4) is 0 Å². The Balaban J connectivity index is 1.59. The van der Waals surface area contributed by atoms with E-state index in [0.29, 0.717) is 17.5 Å². The fraction of sp³-hybridized carbons (Fsp3) is 0.267. The molecule has 0 aliphatic heterocycles. The van der Waals surface area contributed by atoms with E-state index in [1.807, 2.05) is 18.2 Å². The molecule has 5 heteroatoms. The van der Waals surface area contributed by atoms with Gasteiger partial charge in [0.15, 0.2) is 5.16 Å². The van der Waals surface area contributed by atoms with Crippen molar-refractivity contribution in [3.63, 3.8) is 0 Å². The summed E-state index contributed by atoms with van der Waals surface area (Å²) in [7, 11) is 0. The number of thioether (sulfide) groups is 1. The lowest BCUT2D eigenvalue weighted by Gasteiger charge is -2.04. The van der Waals surface area contributed by atoms with E-state index in [-0.39, 0.29) is 5.91 Å². The van der Waals surface area contributed by atoms with Crippen LogP contribution >= 0.6 is 11.8 Å². The SMILES string of the molecule is O=C(CSc1ncccn1)NCCCc1ccccc1. The van der Waals surface area contributed by atoms with Gasteiger partial charge in [0.25, 0.3) is 0 Å². The zero-order valence-electron chi connectivity index (χ0n) is 11.2. The minimum Gasteiger partial charge on any atom is -0.355 e. The van der Waals surface area contributed by atoms with Crippen LogP contribution in [-0.4, -0.2) is 28.2 Å². The highest BCUT2D eigenvalue weighted by atomic mass is 32.2. The van der Waals surface area contributed by atoms with Crippen molar-refractivity contribution < 1.29 is 4.79 Å². The van der Waals surface area contributed by atoms with Crippen molar-refractivity contribution in [2.45, 2.75) is 18.0 Å². The molecule has 0 fully saturated rings. The number of amides is 1. The molecular weight excluding hydrogens is 270 g/mol. The van der Waals surface area contributed by atoms with Gasteiger partial charge in [0.2, 0.25) is 5.91 Å². The molecule has 1 N–H and O–H groups in total. The summed E-state index contributed by atoms with van der Waals surface area (Å²) in [5.41, 5.74) is 1.30. The minimum absolute atomic E-state index is 0.0236. The third-order valence-electron chi connectivity index (χ3n) is 2.68. The molecule has 1 aromatic heterocycles. The molecule has 1 heterocycles. The highest BCUT2D eigenvalue weighted by Gasteiger charge is 2.03. The fourth-order valence-electron chi connectivity index (χ4n) is 1.71. The van der Waals surface area contributed by atoms with Crippen molar-refractivity contribution >= 4 is 17.7 Å². The summed E-state index contributed by atoms with van der Waals surface area (Å²) in [6.45, 7) is 0.698. The van der Waals surface area contributed by atoms with Gasteiger partial charge in [-0.25, -0.2) is 9.97 Å². The maximum absolute atomic E-state index is 11.6. The molecule has 0 saturated carbocycles. The molecule has 2 aromatic rings. The summed E-state index contributed by atoms with van der Waals surface area (Å²) in [5, 5.41) is 3.54. The first kappa shape index (κ1) is 14.5. The van der Waals surface area contributed by atoms with Crippen LogP contribution in [0.3, 0.4) is 0 Å². The number of benzene rings is 1. The van der Waals surface area contributed by atoms with Gasteiger partial charge >= 0.3 is 0 Å². The van der Waals surface area contributed by atoms with Gasteiger partial charge in [-0.2, -0.15) is 0 Å². The van der Waals surface area contributed by atoms with Crippen LogP contribution in [0, 0.1) is 0 Å². The van der Waals surface area contributed by atoms with Crippen LogP contribution in [0.4, 0.5) is 0 Å². The average molecular weight is 287 g/mol. The lowest BCUT2D eigenvalue weighted by molar-refractivity contribution is -0.118. The number of aromatic nitrogens is 2. The van der Waals surface area contributed by atoms with E-state index >= 15 is 0 Å². The van der Waals surface area contributed by atoms with Crippen molar-refractivity contribution in [1.82, 2.24) is 15.3 Å². The maximum Gasteiger partial charge on any atom is 0.230 e. The molecule has 0 saturated heterocycles. The summed E-state index contributed by atoms with van der Waals surface area (Å²) in [4.78, 5) is 19.8. The minimum atomic E-state index is 0.0236. The topological polar surface area (TPSA) is 54.9 Å². The monoisotopic (exact) mass is 287 g/mol. The third-order valence-corrected chi connectivity index (χ3v) is 3.56. The predicted molar refractivity (Wildman–Crippen MR) is 80.5 cm³/mol. The fourth-order valence-corrected chi connectivity index (χ4v) is 2.34. The normalized spacial score (nSPS) is 10.2. The number of nitrogens with zero attached hydrogens (tertiary/aromatic N) is 2. The van der Waals surface area contributed by atoms with E-state index in [1.54, 1.807) is 18.5 Å². The van der Waals surface area contributed by atoms with Crippen LogP contribution in [0.1, 0.15) is 12.0 Å². The van der Waals surface area contributed by atoms with Gasteiger partial charge in [-0.3, -0.25) is 4.79 Å². The maximum atomic E-state index is 11.6. The molecule has 0 spiro atoms. The van der Waals surface area contributed by atoms with Gasteiger partial charge < -0.3 is 5.32 Å². The standard InChI is InChI=1S/C15H17N3OS/c19-14(12-20-15-17-10-5-11-18-15)16-9-4-8-13-6-2-1-3-7-13/h1-3,5-7,10-11H,4,8-9,12H2,(H,16,19). The Bertz CT molecular complexity index is 519. The van der Waals surface area contributed by atoms with Crippen LogP contribution in [-0.2, 0) is 11.2 Å². The second-order valence-electron chi connectivity index (χ2n) is 4.26. The molecule has 1 amide bonds. The van der Waals surface area contributed by atoms with Gasteiger partial charge in [-0.05, 0) is 24.5 Å². The summed E-state index contributed by atoms with van der Waals surface area (Å²) in [5.74, 6) is 0.380. The van der Waals surface area contributed by atoms with Gasteiger partial charge in [0.05, 0.1) is 5.75 Å². The summed E-state index contributed by atoms with van der Waals surface area (Å²) >= 11 is 1.35. The Morgan fingerprint density at radius 1 is 1.10 bits per heavy atom. The third kappa shape index (κ3) is 5.40. The number of carbonyl (C=O) groups excluding carboxylic acids is 1. The Hall–Kier alpha value is -1.88. The van der Waals surface area contributed by atoms with Crippen LogP contribution in [0.25, 0.3) is 0 Å². The molecule has 1 aromatic carbocycles. The number of nitrogens with one attached hydrogen (secondary N) is 1. The van der Waals surface area contributed by atoms with E-state index in [0.717, 1.165) is 12.8 Å². The highest BCUT2D eigenvalue weighted by molar-refractivity contribution is 7.99. The number of rotatable bonds is 7. The summed E-state index contributed by atoms with van der Waals surface area (Å²) < 4.78 is 0. The van der Waals surface area contributed by atoms with Gasteiger partial charge in [0, 0.05) is 18.9 Å². The first-order valence-corrected chi connectivity index (χ1v) is 7.53. The Morgan fingerprint density at radius 2 is 1.85 bits per heavy atom. The van der Waals surface area contributed by atoms with E-state index in [4.69, 9.17) is 0 Å². The summed E-state index contributed by atoms with van der Waals surface area (Å²) in [6.07, 6.45) is 5.28. The van der Waals surface area contributed by atoms with Crippen molar-refractivity contribution in [2.24, 2.45) is 0 Å². The lowest BCUT2D eigenvalue weighted by atomic mass is 10.1. The number of aryl methyl sites for hydroxylation is 1. The van der Waals surface area contributed by atoms with Gasteiger partial charge in [-0.15, -0.1) is 0 Å². The van der Waals surface area contributed by atoms with Crippen LogP contribution < -0.4 is 5.32 Å². The summed E-state index contributed by atoms with van der Waals surface area (Å²) in [6, 6.07) is 12.0. The van der Waals surface area contributed by atoms with Crippen molar-refractivity contribution in [2.75, 3.05) is 12.3 Å². The lowest BCUT2D eigenvalue weighted by Crippen LogP contribution is -2.26. The van der Waals surface area contributed by atoms with Crippen LogP contribution in [0.2, 0.25) is 0 Å². The van der Waals surface area contributed by atoms with Crippen LogP contribution in [0.15, 0.2) is 53.9 Å². The molecule has 0 atom stereocenters. The van der Waals surface area contributed by atoms with E-state index < -0.39 is 0 Å². The van der Waals surface area contributed by atoms with Crippen LogP contribution in [0.5, 0.6) is 0 Å². The Kier molecular flexibility index (Phi) is 6.05. The average Bonchev–Trinajstić information content (AvgIpc) is 2.52. The predicted octanol–water partition coefficient (Wildman–Crippen LogP) is 2.32. The molecule has 2 rings (SSSR count). The van der Waals surface area contributed by atoms with E-state index in [2.05, 4.69) is 27.4 Å². The van der Waals surface area contributed by atoms with Gasteiger partial charge in [-0.1, -0.05) is 42.1 Å². The van der Waals surface area contributed by atoms with Crippen molar-refractivity contribution in [3.05, 3.63) is 54.4 Å². The first-order chi connectivity index (χ1) is 9.84. The molecule has 0 radical (unpaired) electrons. The molecule has 0 aliphatic carbocycles. The molecular formula is C15H17N3OS. The van der Waals surface area contributed by atoms with Gasteiger partial charge in [0.1, 0.15) is 0 Å². The number of hydrogen-bond acceptors (Lipinski definition) is 4. The Labute approximate surface area is 123 Å². The smallest absolute Gasteiger partial charge is 0.230 e. The van der Waals surface area contributed by atoms with E-state index in [1.165, 1.54) is 17.3 Å². The van der Waals surface area contributed by atoms with E-state index in [9.17, 15) is 4.79 Å². The number of hydrogen-bond donors (Lipinski definition) is 1. The Morgan fingerprint density at radius 3 is 2.60 bits per heavy atom. The molecule has 0 unspecified atom stereocenters. The quantitative estimate of drug-likeness (QED) is 0.482. The zero-order valence-corrected chi connectivity index (χ0v) is 12.0. The largest absolute Gasteiger partial charge is 0.355 e. The second kappa shape index (κ2) is 8.32. The molecule has 0 aliphatic rings. The first-order valence-electron chi connectivity index (χ1n) is 6.55. The van der Waals surface area contributed by atoms with Crippen molar-refractivity contribution in [1.29, 1.82) is 0 Å².